The van der Waals surface area contributed by atoms with Gasteiger partial charge in [0.25, 0.3) is 10.1 Å². The third-order valence-corrected chi connectivity index (χ3v) is 1.32. The van der Waals surface area contributed by atoms with Crippen LogP contribution < -0.4 is 0 Å². The zero-order valence-corrected chi connectivity index (χ0v) is 6.41. The van der Waals surface area contributed by atoms with Crippen LogP contribution in [0, 0.1) is 0 Å². The average molecular weight is 171 g/mol. The fraction of sp³-hybridized carbons (Fsp3) is 0.500. The van der Waals surface area contributed by atoms with Gasteiger partial charge < -0.3 is 0 Å². The lowest BCUT2D eigenvalue weighted by molar-refractivity contribution is 0.486. The molecule has 3 nitrogen and oxygen atoms in total. The number of hydrogen-bond acceptors (Lipinski definition) is 2. The van der Waals surface area contributed by atoms with Crippen LogP contribution in [0.25, 0.3) is 0 Å². The highest BCUT2D eigenvalue weighted by molar-refractivity contribution is 7.85. The Morgan fingerprint density at radius 3 is 2.33 bits per heavy atom. The van der Waals surface area contributed by atoms with Crippen molar-refractivity contribution in [2.75, 3.05) is 5.75 Å². The van der Waals surface area contributed by atoms with Crippen LogP contribution in [0.2, 0.25) is 0 Å². The van der Waals surface area contributed by atoms with Crippen molar-refractivity contribution in [2.24, 2.45) is 0 Å². The molecule has 0 aromatic heterocycles. The molecule has 0 aromatic carbocycles. The number of halogens is 1. The minimum absolute atomic E-state index is 0.354. The van der Waals surface area contributed by atoms with Gasteiger partial charge in [0.05, 0.1) is 5.75 Å². The van der Waals surface area contributed by atoms with Crippen LogP contribution in [0.4, 0.5) is 0 Å². The summed E-state index contributed by atoms with van der Waals surface area (Å²) in [6.07, 6.45) is 1.22. The summed E-state index contributed by atoms with van der Waals surface area (Å²) < 4.78 is 28.1. The third kappa shape index (κ3) is 7.94. The summed E-state index contributed by atoms with van der Waals surface area (Å²) in [7, 11) is -3.88. The molecule has 0 heterocycles. The van der Waals surface area contributed by atoms with E-state index in [1.54, 1.807) is 0 Å². The van der Waals surface area contributed by atoms with Crippen LogP contribution in [-0.4, -0.2) is 18.7 Å². The van der Waals surface area contributed by atoms with Crippen molar-refractivity contribution >= 4 is 21.7 Å². The molecule has 0 unspecified atom stereocenters. The standard InChI is InChI=1S/C4H7ClO3S/c1-4(5)2-3-9(6,7)8/h2H,3H2,1H3,(H,6,7,8)/b4-2+. The molecule has 0 rings (SSSR count). The van der Waals surface area contributed by atoms with Crippen LogP contribution in [0.3, 0.4) is 0 Å². The summed E-state index contributed by atoms with van der Waals surface area (Å²) in [5.74, 6) is -0.414. The van der Waals surface area contributed by atoms with Crippen molar-refractivity contribution in [3.63, 3.8) is 0 Å². The minimum atomic E-state index is -3.88. The molecule has 5 heteroatoms. The van der Waals surface area contributed by atoms with E-state index < -0.39 is 15.9 Å². The largest absolute Gasteiger partial charge is 0.285 e. The van der Waals surface area contributed by atoms with Gasteiger partial charge in [-0.2, -0.15) is 8.42 Å². The lowest BCUT2D eigenvalue weighted by Gasteiger charge is -1.87. The normalized spacial score (nSPS) is 13.9. The van der Waals surface area contributed by atoms with E-state index in [4.69, 9.17) is 16.2 Å². The van der Waals surface area contributed by atoms with Crippen LogP contribution in [-0.2, 0) is 10.1 Å². The van der Waals surface area contributed by atoms with Gasteiger partial charge in [-0.3, -0.25) is 4.55 Å². The highest BCUT2D eigenvalue weighted by Crippen LogP contribution is 1.98. The molecule has 0 saturated carbocycles. The molecule has 54 valence electrons. The van der Waals surface area contributed by atoms with E-state index in [-0.39, 0.29) is 0 Å². The van der Waals surface area contributed by atoms with Crippen molar-refractivity contribution < 1.29 is 13.0 Å². The molecule has 0 amide bonds. The smallest absolute Gasteiger partial charge is 0.268 e. The second-order valence-corrected chi connectivity index (χ2v) is 3.63. The Bertz CT molecular complexity index is 200. The first-order valence-electron chi connectivity index (χ1n) is 2.19. The van der Waals surface area contributed by atoms with Gasteiger partial charge >= 0.3 is 0 Å². The summed E-state index contributed by atoms with van der Waals surface area (Å²) in [5.41, 5.74) is 0. The lowest BCUT2D eigenvalue weighted by Crippen LogP contribution is -2.00. The van der Waals surface area contributed by atoms with Crippen molar-refractivity contribution in [1.82, 2.24) is 0 Å². The molecule has 0 aliphatic rings. The van der Waals surface area contributed by atoms with Crippen molar-refractivity contribution in [3.8, 4) is 0 Å². The van der Waals surface area contributed by atoms with E-state index in [9.17, 15) is 8.42 Å². The van der Waals surface area contributed by atoms with E-state index in [2.05, 4.69) is 0 Å². The maximum absolute atomic E-state index is 9.99. The van der Waals surface area contributed by atoms with E-state index in [1.807, 2.05) is 0 Å². The molecular weight excluding hydrogens is 164 g/mol. The summed E-state index contributed by atoms with van der Waals surface area (Å²) in [4.78, 5) is 0. The minimum Gasteiger partial charge on any atom is -0.285 e. The molecule has 0 spiro atoms. The summed E-state index contributed by atoms with van der Waals surface area (Å²) >= 11 is 5.27. The first-order valence-corrected chi connectivity index (χ1v) is 4.18. The summed E-state index contributed by atoms with van der Waals surface area (Å²) in [6.45, 7) is 1.53. The van der Waals surface area contributed by atoms with Crippen LogP contribution in [0.15, 0.2) is 11.1 Å². The zero-order valence-electron chi connectivity index (χ0n) is 4.83. The Kier molecular flexibility index (Phi) is 3.17. The lowest BCUT2D eigenvalue weighted by atomic mass is 10.6. The van der Waals surface area contributed by atoms with Crippen molar-refractivity contribution in [2.45, 2.75) is 6.92 Å². The molecule has 0 aliphatic carbocycles. The highest BCUT2D eigenvalue weighted by atomic mass is 35.5. The zero-order chi connectivity index (χ0) is 7.49. The fourth-order valence-corrected chi connectivity index (χ4v) is 0.849. The molecule has 0 aromatic rings. The maximum Gasteiger partial charge on any atom is 0.268 e. The SMILES string of the molecule is C/C(Cl)=C\CS(=O)(=O)O. The number of allylic oxidation sites excluding steroid dienone is 1. The number of hydrogen-bond donors (Lipinski definition) is 1. The Morgan fingerprint density at radius 1 is 1.78 bits per heavy atom. The van der Waals surface area contributed by atoms with E-state index >= 15 is 0 Å². The molecule has 0 radical (unpaired) electrons. The van der Waals surface area contributed by atoms with E-state index in [0.29, 0.717) is 5.03 Å². The second-order valence-electron chi connectivity index (χ2n) is 1.54. The van der Waals surface area contributed by atoms with Gasteiger partial charge in [-0.25, -0.2) is 0 Å². The van der Waals surface area contributed by atoms with Gasteiger partial charge in [0.1, 0.15) is 0 Å². The predicted molar refractivity (Wildman–Crippen MR) is 36.0 cm³/mol. The summed E-state index contributed by atoms with van der Waals surface area (Å²) in [5, 5.41) is 0.354. The van der Waals surface area contributed by atoms with E-state index in [1.165, 1.54) is 13.0 Å². The van der Waals surface area contributed by atoms with Crippen LogP contribution >= 0.6 is 11.6 Å². The Balaban J connectivity index is 3.95. The quantitative estimate of drug-likeness (QED) is 0.630. The monoisotopic (exact) mass is 170 g/mol. The third-order valence-electron chi connectivity index (χ3n) is 0.575. The second kappa shape index (κ2) is 3.20. The molecule has 1 N–H and O–H groups in total. The van der Waals surface area contributed by atoms with Crippen molar-refractivity contribution in [1.29, 1.82) is 0 Å². The van der Waals surface area contributed by atoms with Gasteiger partial charge in [0.2, 0.25) is 0 Å². The molecule has 0 saturated heterocycles. The highest BCUT2D eigenvalue weighted by Gasteiger charge is 1.98. The van der Waals surface area contributed by atoms with Gasteiger partial charge in [-0.1, -0.05) is 17.7 Å². The van der Waals surface area contributed by atoms with Gasteiger partial charge in [-0.05, 0) is 6.92 Å². The summed E-state index contributed by atoms with van der Waals surface area (Å²) in [6, 6.07) is 0. The van der Waals surface area contributed by atoms with Crippen LogP contribution in [0.5, 0.6) is 0 Å². The van der Waals surface area contributed by atoms with Crippen LogP contribution in [0.1, 0.15) is 6.92 Å². The molecule has 9 heavy (non-hydrogen) atoms. The Labute approximate surface area is 59.1 Å². The number of rotatable bonds is 2. The molecular formula is C4H7ClO3S. The molecule has 0 fully saturated rings. The average Bonchev–Trinajstić information content (AvgIpc) is 1.59. The van der Waals surface area contributed by atoms with E-state index in [0.717, 1.165) is 0 Å². The molecule has 0 atom stereocenters. The first kappa shape index (κ1) is 8.94. The Hall–Kier alpha value is -0.0600. The van der Waals surface area contributed by atoms with Gasteiger partial charge in [-0.15, -0.1) is 0 Å². The molecule has 0 aliphatic heterocycles. The molecule has 0 bridgehead atoms. The fourth-order valence-electron chi connectivity index (χ4n) is 0.220. The van der Waals surface area contributed by atoms with Gasteiger partial charge in [0.15, 0.2) is 0 Å². The topological polar surface area (TPSA) is 54.4 Å². The first-order chi connectivity index (χ1) is 3.92. The predicted octanol–water partition coefficient (Wildman–Crippen LogP) is 1.02. The van der Waals surface area contributed by atoms with Gasteiger partial charge in [0, 0.05) is 5.03 Å². The Morgan fingerprint density at radius 2 is 2.22 bits per heavy atom. The maximum atomic E-state index is 9.99. The van der Waals surface area contributed by atoms with Crippen molar-refractivity contribution in [3.05, 3.63) is 11.1 Å².